The molecule has 2 rings (SSSR count). The largest absolute Gasteiger partial charge is 0.327 e. The summed E-state index contributed by atoms with van der Waals surface area (Å²) in [5.41, 5.74) is 5.97. The zero-order chi connectivity index (χ0) is 7.14. The molecular weight excluding hydrogens is 122 g/mol. The fourth-order valence-electron chi connectivity index (χ4n) is 2.78. The van der Waals surface area contributed by atoms with Gasteiger partial charge >= 0.3 is 0 Å². The van der Waals surface area contributed by atoms with E-state index in [-0.39, 0.29) is 0 Å². The fourth-order valence-corrected chi connectivity index (χ4v) is 2.78. The lowest BCUT2D eigenvalue weighted by Crippen LogP contribution is -2.23. The Morgan fingerprint density at radius 3 is 2.50 bits per heavy atom. The second kappa shape index (κ2) is 2.23. The monoisotopic (exact) mass is 139 g/mol. The predicted molar refractivity (Wildman–Crippen MR) is 42.6 cm³/mol. The molecule has 2 aliphatic rings. The van der Waals surface area contributed by atoms with Crippen LogP contribution < -0.4 is 5.73 Å². The van der Waals surface area contributed by atoms with Crippen LogP contribution in [0.2, 0.25) is 0 Å². The molecule has 58 valence electrons. The first-order chi connectivity index (χ1) is 4.84. The van der Waals surface area contributed by atoms with Gasteiger partial charge in [0.2, 0.25) is 0 Å². The quantitative estimate of drug-likeness (QED) is 0.620. The van der Waals surface area contributed by atoms with E-state index < -0.39 is 0 Å². The van der Waals surface area contributed by atoms with E-state index in [1.54, 1.807) is 0 Å². The van der Waals surface area contributed by atoms with E-state index in [0.717, 1.165) is 17.8 Å². The molecular formula is C9H17N. The summed E-state index contributed by atoms with van der Waals surface area (Å²) < 4.78 is 0. The average Bonchev–Trinajstić information content (AvgIpc) is 2.43. The van der Waals surface area contributed by atoms with Gasteiger partial charge in [0, 0.05) is 6.04 Å². The van der Waals surface area contributed by atoms with Gasteiger partial charge in [-0.15, -0.1) is 0 Å². The molecule has 0 aliphatic heterocycles. The maximum absolute atomic E-state index is 5.97. The molecule has 2 fully saturated rings. The minimum absolute atomic E-state index is 0.523. The normalized spacial score (nSPS) is 46.8. The van der Waals surface area contributed by atoms with Crippen LogP contribution in [-0.2, 0) is 0 Å². The van der Waals surface area contributed by atoms with Crippen LogP contribution in [0, 0.1) is 17.8 Å². The average molecular weight is 139 g/mol. The lowest BCUT2D eigenvalue weighted by Gasteiger charge is -2.09. The molecule has 0 bridgehead atoms. The maximum Gasteiger partial charge on any atom is 0.00700 e. The number of hydrogen-bond acceptors (Lipinski definition) is 1. The van der Waals surface area contributed by atoms with E-state index in [2.05, 4.69) is 6.92 Å². The van der Waals surface area contributed by atoms with Gasteiger partial charge in [0.25, 0.3) is 0 Å². The molecule has 3 atom stereocenters. The topological polar surface area (TPSA) is 26.0 Å². The number of fused-ring (bicyclic) bond motifs is 1. The highest BCUT2D eigenvalue weighted by molar-refractivity contribution is 5.04. The molecule has 0 heterocycles. The second-order valence-electron chi connectivity index (χ2n) is 3.91. The van der Waals surface area contributed by atoms with Crippen molar-refractivity contribution in [2.75, 3.05) is 0 Å². The van der Waals surface area contributed by atoms with Crippen molar-refractivity contribution in [3.63, 3.8) is 0 Å². The van der Waals surface area contributed by atoms with Gasteiger partial charge in [-0.25, -0.2) is 0 Å². The summed E-state index contributed by atoms with van der Waals surface area (Å²) in [5.74, 6) is 3.03. The standard InChI is InChI=1S/C9H17N/c1-2-8(10)9-6-4-3-5-7(6)9/h6-9H,2-5,10H2,1H3. The van der Waals surface area contributed by atoms with Gasteiger partial charge in [0.05, 0.1) is 0 Å². The zero-order valence-electron chi connectivity index (χ0n) is 6.72. The molecule has 0 aromatic carbocycles. The van der Waals surface area contributed by atoms with Crippen molar-refractivity contribution in [1.29, 1.82) is 0 Å². The van der Waals surface area contributed by atoms with E-state index in [4.69, 9.17) is 5.73 Å². The third-order valence-electron chi connectivity index (χ3n) is 3.44. The summed E-state index contributed by atoms with van der Waals surface area (Å²) in [7, 11) is 0. The third-order valence-corrected chi connectivity index (χ3v) is 3.44. The van der Waals surface area contributed by atoms with Crippen molar-refractivity contribution < 1.29 is 0 Å². The highest BCUT2D eigenvalue weighted by atomic mass is 14.7. The van der Waals surface area contributed by atoms with E-state index >= 15 is 0 Å². The zero-order valence-corrected chi connectivity index (χ0v) is 6.72. The Morgan fingerprint density at radius 1 is 1.40 bits per heavy atom. The molecule has 0 aromatic heterocycles. The Kier molecular flexibility index (Phi) is 1.48. The van der Waals surface area contributed by atoms with E-state index in [0.29, 0.717) is 6.04 Å². The predicted octanol–water partition coefficient (Wildman–Crippen LogP) is 1.77. The lowest BCUT2D eigenvalue weighted by atomic mass is 10.0. The molecule has 3 unspecified atom stereocenters. The Hall–Kier alpha value is -0.0400. The molecule has 1 heteroatoms. The summed E-state index contributed by atoms with van der Waals surface area (Å²) in [6.07, 6.45) is 5.60. The van der Waals surface area contributed by atoms with Crippen LogP contribution in [0.3, 0.4) is 0 Å². The Balaban J connectivity index is 1.88. The molecule has 2 saturated carbocycles. The molecule has 0 aromatic rings. The number of hydrogen-bond donors (Lipinski definition) is 1. The summed E-state index contributed by atoms with van der Waals surface area (Å²) in [4.78, 5) is 0. The number of nitrogens with two attached hydrogens (primary N) is 1. The molecule has 1 nitrogen and oxygen atoms in total. The van der Waals surface area contributed by atoms with Crippen molar-refractivity contribution >= 4 is 0 Å². The van der Waals surface area contributed by atoms with E-state index in [1.165, 1.54) is 25.7 Å². The molecule has 10 heavy (non-hydrogen) atoms. The van der Waals surface area contributed by atoms with Crippen molar-refractivity contribution in [1.82, 2.24) is 0 Å². The summed E-state index contributed by atoms with van der Waals surface area (Å²) >= 11 is 0. The van der Waals surface area contributed by atoms with Crippen LogP contribution in [-0.4, -0.2) is 6.04 Å². The smallest absolute Gasteiger partial charge is 0.00700 e. The van der Waals surface area contributed by atoms with E-state index in [1.807, 2.05) is 0 Å². The maximum atomic E-state index is 5.97. The fraction of sp³-hybridized carbons (Fsp3) is 1.00. The van der Waals surface area contributed by atoms with Crippen LogP contribution >= 0.6 is 0 Å². The van der Waals surface area contributed by atoms with Gasteiger partial charge in [-0.1, -0.05) is 13.3 Å². The highest BCUT2D eigenvalue weighted by Gasteiger charge is 2.54. The Bertz CT molecular complexity index is 120. The van der Waals surface area contributed by atoms with Crippen LogP contribution in [0.5, 0.6) is 0 Å². The van der Waals surface area contributed by atoms with Crippen LogP contribution in [0.4, 0.5) is 0 Å². The molecule has 0 saturated heterocycles. The SMILES string of the molecule is CCC(N)C1C2CCCC21. The van der Waals surface area contributed by atoms with Gasteiger partial charge < -0.3 is 5.73 Å². The summed E-state index contributed by atoms with van der Waals surface area (Å²) in [6, 6.07) is 0.523. The van der Waals surface area contributed by atoms with Gasteiger partial charge in [-0.3, -0.25) is 0 Å². The van der Waals surface area contributed by atoms with Gasteiger partial charge in [0.15, 0.2) is 0 Å². The minimum atomic E-state index is 0.523. The van der Waals surface area contributed by atoms with Crippen LogP contribution in [0.15, 0.2) is 0 Å². The van der Waals surface area contributed by atoms with Gasteiger partial charge in [0.1, 0.15) is 0 Å². The summed E-state index contributed by atoms with van der Waals surface area (Å²) in [6.45, 7) is 2.21. The lowest BCUT2D eigenvalue weighted by molar-refractivity contribution is 0.476. The molecule has 2 aliphatic carbocycles. The summed E-state index contributed by atoms with van der Waals surface area (Å²) in [5, 5.41) is 0. The van der Waals surface area contributed by atoms with Crippen molar-refractivity contribution in [2.24, 2.45) is 23.5 Å². The first kappa shape index (κ1) is 6.66. The van der Waals surface area contributed by atoms with E-state index in [9.17, 15) is 0 Å². The second-order valence-corrected chi connectivity index (χ2v) is 3.91. The first-order valence-electron chi connectivity index (χ1n) is 4.60. The highest BCUT2D eigenvalue weighted by Crippen LogP contribution is 2.58. The van der Waals surface area contributed by atoms with Crippen molar-refractivity contribution in [2.45, 2.75) is 38.6 Å². The van der Waals surface area contributed by atoms with Gasteiger partial charge in [-0.05, 0) is 37.0 Å². The first-order valence-corrected chi connectivity index (χ1v) is 4.60. The Labute approximate surface area is 63.0 Å². The molecule has 2 N–H and O–H groups in total. The molecule has 0 amide bonds. The van der Waals surface area contributed by atoms with Crippen LogP contribution in [0.25, 0.3) is 0 Å². The van der Waals surface area contributed by atoms with Crippen LogP contribution in [0.1, 0.15) is 32.6 Å². The van der Waals surface area contributed by atoms with Crippen molar-refractivity contribution in [3.05, 3.63) is 0 Å². The molecule has 0 spiro atoms. The molecule has 0 radical (unpaired) electrons. The minimum Gasteiger partial charge on any atom is -0.327 e. The third kappa shape index (κ3) is 0.800. The van der Waals surface area contributed by atoms with Crippen molar-refractivity contribution in [3.8, 4) is 0 Å². The van der Waals surface area contributed by atoms with Gasteiger partial charge in [-0.2, -0.15) is 0 Å². The Morgan fingerprint density at radius 2 is 2.00 bits per heavy atom. The number of rotatable bonds is 2.